The maximum Gasteiger partial charge on any atom is 0.244 e. The first-order chi connectivity index (χ1) is 17.1. The molecule has 0 aromatic heterocycles. The molecule has 0 spiro atoms. The molecule has 2 aromatic carbocycles. The molecule has 0 radical (unpaired) electrons. The highest BCUT2D eigenvalue weighted by atomic mass is 35.5. The molecule has 9 heteroatoms. The second-order valence-corrected chi connectivity index (χ2v) is 11.8. The summed E-state index contributed by atoms with van der Waals surface area (Å²) in [5.74, 6) is -0.646. The number of carbonyl (C=O) groups excluding carboxylic acids is 2. The van der Waals surface area contributed by atoms with Gasteiger partial charge in [-0.15, -0.1) is 0 Å². The van der Waals surface area contributed by atoms with Crippen LogP contribution in [0.15, 0.2) is 48.5 Å². The molecule has 1 saturated carbocycles. The van der Waals surface area contributed by atoms with Crippen LogP contribution in [-0.2, 0) is 26.2 Å². The average molecular weight is 534 g/mol. The summed E-state index contributed by atoms with van der Waals surface area (Å²) in [6.45, 7) is 3.40. The highest BCUT2D eigenvalue weighted by Gasteiger charge is 2.33. The molecule has 1 N–H and O–H groups in total. The van der Waals surface area contributed by atoms with Gasteiger partial charge in [-0.2, -0.15) is 0 Å². The van der Waals surface area contributed by atoms with Gasteiger partial charge in [-0.3, -0.25) is 13.9 Å². The van der Waals surface area contributed by atoms with Crippen LogP contribution in [0.25, 0.3) is 0 Å². The second-order valence-electron chi connectivity index (χ2n) is 9.48. The predicted octanol–water partition coefficient (Wildman–Crippen LogP) is 4.67. The predicted molar refractivity (Wildman–Crippen MR) is 144 cm³/mol. The Kier molecular flexibility index (Phi) is 9.79. The molecule has 1 unspecified atom stereocenters. The number of rotatable bonds is 10. The molecular formula is C27H36ClN3O4S. The SMILES string of the molecule is CCC(C(=O)NC1CCCCC1)N(Cc1ccccc1)C(=O)CN(c1cc(Cl)ccc1C)S(C)(=O)=O. The monoisotopic (exact) mass is 533 g/mol. The van der Waals surface area contributed by atoms with Gasteiger partial charge < -0.3 is 10.2 Å². The average Bonchev–Trinajstić information content (AvgIpc) is 2.84. The number of amides is 2. The molecule has 2 aromatic rings. The van der Waals surface area contributed by atoms with Crippen LogP contribution in [0.5, 0.6) is 0 Å². The number of nitrogens with zero attached hydrogens (tertiary/aromatic N) is 2. The Bertz CT molecular complexity index is 1150. The molecule has 0 bridgehead atoms. The Morgan fingerprint density at radius 3 is 2.36 bits per heavy atom. The van der Waals surface area contributed by atoms with Crippen LogP contribution in [0, 0.1) is 6.92 Å². The number of carbonyl (C=O) groups is 2. The van der Waals surface area contributed by atoms with Gasteiger partial charge in [0.05, 0.1) is 11.9 Å². The van der Waals surface area contributed by atoms with E-state index in [1.165, 1.54) is 11.3 Å². The van der Waals surface area contributed by atoms with E-state index in [2.05, 4.69) is 5.32 Å². The van der Waals surface area contributed by atoms with Crippen molar-refractivity contribution in [3.05, 3.63) is 64.7 Å². The van der Waals surface area contributed by atoms with E-state index in [0.717, 1.165) is 41.8 Å². The van der Waals surface area contributed by atoms with E-state index in [4.69, 9.17) is 11.6 Å². The number of halogens is 1. The van der Waals surface area contributed by atoms with Crippen molar-refractivity contribution in [3.8, 4) is 0 Å². The van der Waals surface area contributed by atoms with E-state index in [1.807, 2.05) is 37.3 Å². The van der Waals surface area contributed by atoms with Gasteiger partial charge >= 0.3 is 0 Å². The molecule has 196 valence electrons. The first-order valence-corrected chi connectivity index (χ1v) is 14.7. The molecule has 1 aliphatic carbocycles. The second kappa shape index (κ2) is 12.6. The molecule has 0 aliphatic heterocycles. The molecule has 1 atom stereocenters. The fraction of sp³-hybridized carbons (Fsp3) is 0.481. The molecule has 36 heavy (non-hydrogen) atoms. The standard InChI is InChI=1S/C27H36ClN3O4S/c1-4-24(27(33)29-23-13-9-6-10-14-23)30(18-21-11-7-5-8-12-21)26(32)19-31(36(3,34)35)25-17-22(28)16-15-20(25)2/h5,7-8,11-12,15-17,23-24H,4,6,9-10,13-14,18-19H2,1-3H3,(H,29,33). The quantitative estimate of drug-likeness (QED) is 0.481. The maximum atomic E-state index is 13.8. The molecule has 0 saturated heterocycles. The zero-order chi connectivity index (χ0) is 26.3. The van der Waals surface area contributed by atoms with Crippen molar-refractivity contribution in [2.24, 2.45) is 0 Å². The van der Waals surface area contributed by atoms with E-state index in [1.54, 1.807) is 25.1 Å². The summed E-state index contributed by atoms with van der Waals surface area (Å²) in [5, 5.41) is 3.51. The molecule has 1 fully saturated rings. The van der Waals surface area contributed by atoms with Gasteiger partial charge in [0, 0.05) is 17.6 Å². The number of hydrogen-bond acceptors (Lipinski definition) is 4. The highest BCUT2D eigenvalue weighted by molar-refractivity contribution is 7.92. The number of aryl methyl sites for hydroxylation is 1. The minimum Gasteiger partial charge on any atom is -0.352 e. The van der Waals surface area contributed by atoms with Crippen LogP contribution in [0.3, 0.4) is 0 Å². The Hall–Kier alpha value is -2.58. The fourth-order valence-electron chi connectivity index (χ4n) is 4.69. The first-order valence-electron chi connectivity index (χ1n) is 12.5. The number of nitrogens with one attached hydrogen (secondary N) is 1. The van der Waals surface area contributed by atoms with Gasteiger partial charge in [0.25, 0.3) is 0 Å². The highest BCUT2D eigenvalue weighted by Crippen LogP contribution is 2.27. The van der Waals surface area contributed by atoms with Crippen molar-refractivity contribution in [1.29, 1.82) is 0 Å². The van der Waals surface area contributed by atoms with Crippen molar-refractivity contribution in [2.45, 2.75) is 71.0 Å². The smallest absolute Gasteiger partial charge is 0.244 e. The lowest BCUT2D eigenvalue weighted by Crippen LogP contribution is -2.54. The zero-order valence-corrected chi connectivity index (χ0v) is 22.8. The van der Waals surface area contributed by atoms with Crippen LogP contribution in [0.4, 0.5) is 5.69 Å². The summed E-state index contributed by atoms with van der Waals surface area (Å²) in [6, 6.07) is 13.7. The van der Waals surface area contributed by atoms with Crippen LogP contribution < -0.4 is 9.62 Å². The Balaban J connectivity index is 1.92. The van der Waals surface area contributed by atoms with Crippen LogP contribution >= 0.6 is 11.6 Å². The van der Waals surface area contributed by atoms with E-state index < -0.39 is 28.5 Å². The molecule has 2 amide bonds. The third kappa shape index (κ3) is 7.46. The van der Waals surface area contributed by atoms with Crippen LogP contribution in [0.2, 0.25) is 5.02 Å². The summed E-state index contributed by atoms with van der Waals surface area (Å²) >= 11 is 6.15. The third-order valence-electron chi connectivity index (χ3n) is 6.65. The summed E-state index contributed by atoms with van der Waals surface area (Å²) in [4.78, 5) is 28.7. The maximum absolute atomic E-state index is 13.8. The zero-order valence-electron chi connectivity index (χ0n) is 21.2. The van der Waals surface area contributed by atoms with Gasteiger partial charge in [-0.05, 0) is 49.4 Å². The summed E-state index contributed by atoms with van der Waals surface area (Å²) in [7, 11) is -3.81. The largest absolute Gasteiger partial charge is 0.352 e. The number of sulfonamides is 1. The summed E-state index contributed by atoms with van der Waals surface area (Å²) in [5.41, 5.74) is 1.88. The molecule has 0 heterocycles. The van der Waals surface area contributed by atoms with Gasteiger partial charge in [-0.25, -0.2) is 8.42 Å². The molecule has 7 nitrogen and oxygen atoms in total. The van der Waals surface area contributed by atoms with Crippen molar-refractivity contribution in [3.63, 3.8) is 0 Å². The van der Waals surface area contributed by atoms with Crippen LogP contribution in [-0.4, -0.2) is 50.0 Å². The lowest BCUT2D eigenvalue weighted by Gasteiger charge is -2.34. The third-order valence-corrected chi connectivity index (χ3v) is 8.01. The first kappa shape index (κ1) is 28.0. The number of hydrogen-bond donors (Lipinski definition) is 1. The lowest BCUT2D eigenvalue weighted by atomic mass is 9.95. The van der Waals surface area contributed by atoms with E-state index in [9.17, 15) is 18.0 Å². The fourth-order valence-corrected chi connectivity index (χ4v) is 5.76. The van der Waals surface area contributed by atoms with E-state index in [-0.39, 0.29) is 18.5 Å². The van der Waals surface area contributed by atoms with Crippen LogP contribution in [0.1, 0.15) is 56.6 Å². The van der Waals surface area contributed by atoms with Gasteiger partial charge in [0.1, 0.15) is 12.6 Å². The number of anilines is 1. The van der Waals surface area contributed by atoms with Crippen molar-refractivity contribution in [2.75, 3.05) is 17.1 Å². The van der Waals surface area contributed by atoms with Crippen molar-refractivity contribution < 1.29 is 18.0 Å². The van der Waals surface area contributed by atoms with Gasteiger partial charge in [0.2, 0.25) is 21.8 Å². The van der Waals surface area contributed by atoms with Gasteiger partial charge in [0.15, 0.2) is 0 Å². The molecule has 3 rings (SSSR count). The Morgan fingerprint density at radius 1 is 1.08 bits per heavy atom. The van der Waals surface area contributed by atoms with Crippen molar-refractivity contribution in [1.82, 2.24) is 10.2 Å². The summed E-state index contributed by atoms with van der Waals surface area (Å²) < 4.78 is 26.6. The molecule has 1 aliphatic rings. The Morgan fingerprint density at radius 2 is 1.75 bits per heavy atom. The van der Waals surface area contributed by atoms with Gasteiger partial charge in [-0.1, -0.05) is 74.2 Å². The lowest BCUT2D eigenvalue weighted by molar-refractivity contribution is -0.140. The van der Waals surface area contributed by atoms with E-state index >= 15 is 0 Å². The van der Waals surface area contributed by atoms with Crippen molar-refractivity contribution >= 4 is 39.1 Å². The summed E-state index contributed by atoms with van der Waals surface area (Å²) in [6.07, 6.45) is 6.68. The topological polar surface area (TPSA) is 86.8 Å². The minimum atomic E-state index is -3.81. The molecular weight excluding hydrogens is 498 g/mol. The normalized spacial score (nSPS) is 15.2. The number of benzene rings is 2. The van der Waals surface area contributed by atoms with E-state index in [0.29, 0.717) is 22.7 Å². The Labute approximate surface area is 219 Å². The minimum absolute atomic E-state index is 0.107.